The standard InChI is InChI=1S/C93H166NO8P/c1-3-5-7-9-11-13-15-17-19-21-23-25-27-29-31-33-35-37-39-41-43-45-47-49-51-53-55-57-59-61-63-65-67-69-71-73-75-77-79-81-83-85-92(95)99-89-91(90-101-103(97,98)100-88-87-94)102-93(96)86-84-82-80-78-76-74-72-70-68-66-64-62-60-58-56-54-52-50-48-46-44-42-40-38-36-34-32-30-28-26-24-22-20-18-16-14-12-10-8-6-4-2/h6,8,12,14-15,17-18,20-21,23-24,26-27,29-30,32,36,38,42,44,91H,3-5,7,9-11,13,16,19,22,25,28,31,33-35,37,39-41,43,45-90,94H2,1-2H3,(H,97,98)/b8-6-,14-12-,17-15-,20-18-,23-21-,26-24-,29-27-,32-30-,38-36-,44-42-. The SMILES string of the molecule is CC/C=C\C/C=C\C/C=C\C/C=C\C/C=C\C/C=C\C/C=C\CCCCCCCCCCCCCCCCCCCCCC(=O)OC(COC(=O)CCCCCCCCCCCCCCCCCCCCCCCCCCCC/C=C\C/C=C\C/C=C\CCCCCCC)COP(=O)(O)OCCN. The summed E-state index contributed by atoms with van der Waals surface area (Å²) in [6.07, 6.45) is 124. The summed E-state index contributed by atoms with van der Waals surface area (Å²) in [5.41, 5.74) is 5.42. The van der Waals surface area contributed by atoms with Crippen LogP contribution in [0, 0.1) is 0 Å². The lowest BCUT2D eigenvalue weighted by Crippen LogP contribution is -2.29. The van der Waals surface area contributed by atoms with Gasteiger partial charge in [-0.1, -0.05) is 424 Å². The molecule has 2 unspecified atom stereocenters. The molecule has 3 N–H and O–H groups in total. The van der Waals surface area contributed by atoms with Crippen molar-refractivity contribution < 1.29 is 37.6 Å². The number of ether oxygens (including phenoxy) is 2. The molecule has 0 radical (unpaired) electrons. The summed E-state index contributed by atoms with van der Waals surface area (Å²) >= 11 is 0. The van der Waals surface area contributed by atoms with Crippen LogP contribution in [0.3, 0.4) is 0 Å². The second kappa shape index (κ2) is 87.3. The Morgan fingerprint density at radius 1 is 0.301 bits per heavy atom. The molecular formula is C93H166NO8P. The summed E-state index contributed by atoms with van der Waals surface area (Å²) in [6.45, 7) is 3.68. The zero-order valence-electron chi connectivity index (χ0n) is 67.5. The fraction of sp³-hybridized carbons (Fsp3) is 0.763. The molecular weight excluding hydrogens is 1290 g/mol. The topological polar surface area (TPSA) is 134 Å². The van der Waals surface area contributed by atoms with Crippen molar-refractivity contribution in [2.24, 2.45) is 5.73 Å². The van der Waals surface area contributed by atoms with E-state index in [0.29, 0.717) is 6.42 Å². The highest BCUT2D eigenvalue weighted by molar-refractivity contribution is 7.47. The van der Waals surface area contributed by atoms with E-state index in [1.165, 1.54) is 295 Å². The summed E-state index contributed by atoms with van der Waals surface area (Å²) < 4.78 is 33.3. The molecule has 0 amide bonds. The fourth-order valence-electron chi connectivity index (χ4n) is 12.9. The first-order valence-electron chi connectivity index (χ1n) is 44.0. The van der Waals surface area contributed by atoms with Gasteiger partial charge in [0, 0.05) is 19.4 Å². The van der Waals surface area contributed by atoms with Gasteiger partial charge in [0.1, 0.15) is 6.61 Å². The van der Waals surface area contributed by atoms with E-state index in [0.717, 1.165) is 96.3 Å². The molecule has 0 aromatic rings. The van der Waals surface area contributed by atoms with Gasteiger partial charge in [-0.25, -0.2) is 4.57 Å². The number of carbonyl (C=O) groups excluding carboxylic acids is 2. The lowest BCUT2D eigenvalue weighted by atomic mass is 10.0. The van der Waals surface area contributed by atoms with E-state index in [4.69, 9.17) is 24.3 Å². The number of rotatable bonds is 83. The summed E-state index contributed by atoms with van der Waals surface area (Å²) in [5, 5.41) is 0. The first-order chi connectivity index (χ1) is 50.8. The van der Waals surface area contributed by atoms with Crippen molar-refractivity contribution >= 4 is 19.8 Å². The Hall–Kier alpha value is -3.59. The van der Waals surface area contributed by atoms with Crippen molar-refractivity contribution in [1.29, 1.82) is 0 Å². The Balaban J connectivity index is 3.75. The Morgan fingerprint density at radius 3 is 0.796 bits per heavy atom. The minimum atomic E-state index is -4.40. The Bertz CT molecular complexity index is 2120. The monoisotopic (exact) mass is 1460 g/mol. The van der Waals surface area contributed by atoms with Gasteiger partial charge in [0.15, 0.2) is 6.10 Å². The number of carbonyl (C=O) groups is 2. The van der Waals surface area contributed by atoms with Gasteiger partial charge in [0.25, 0.3) is 0 Å². The summed E-state index contributed by atoms with van der Waals surface area (Å²) in [7, 11) is -4.40. The van der Waals surface area contributed by atoms with Crippen LogP contribution in [-0.4, -0.2) is 49.3 Å². The molecule has 10 heteroatoms. The van der Waals surface area contributed by atoms with Crippen molar-refractivity contribution in [3.63, 3.8) is 0 Å². The van der Waals surface area contributed by atoms with Gasteiger partial charge in [-0.2, -0.15) is 0 Å². The first-order valence-corrected chi connectivity index (χ1v) is 45.5. The summed E-state index contributed by atoms with van der Waals surface area (Å²) in [4.78, 5) is 35.5. The maximum Gasteiger partial charge on any atom is 0.472 e. The van der Waals surface area contributed by atoms with Crippen LogP contribution in [-0.2, 0) is 32.7 Å². The van der Waals surface area contributed by atoms with Crippen LogP contribution < -0.4 is 5.73 Å². The largest absolute Gasteiger partial charge is 0.472 e. The predicted octanol–water partition coefficient (Wildman–Crippen LogP) is 30.1. The van der Waals surface area contributed by atoms with E-state index in [-0.39, 0.29) is 38.6 Å². The Labute approximate surface area is 638 Å². The highest BCUT2D eigenvalue weighted by Crippen LogP contribution is 2.43. The lowest BCUT2D eigenvalue weighted by Gasteiger charge is -2.19. The fourth-order valence-corrected chi connectivity index (χ4v) is 13.6. The molecule has 103 heavy (non-hydrogen) atoms. The van der Waals surface area contributed by atoms with E-state index in [1.807, 2.05) is 0 Å². The maximum absolute atomic E-state index is 12.8. The molecule has 0 saturated carbocycles. The first kappa shape index (κ1) is 99.4. The number of allylic oxidation sites excluding steroid dienone is 20. The quantitative estimate of drug-likeness (QED) is 0.0264. The smallest absolute Gasteiger partial charge is 0.462 e. The zero-order valence-corrected chi connectivity index (χ0v) is 68.4. The normalized spacial score (nSPS) is 13.4. The lowest BCUT2D eigenvalue weighted by molar-refractivity contribution is -0.161. The minimum absolute atomic E-state index is 0.0529. The average Bonchev–Trinajstić information content (AvgIpc) is 0.970. The molecule has 0 bridgehead atoms. The third-order valence-electron chi connectivity index (χ3n) is 19.3. The van der Waals surface area contributed by atoms with E-state index in [9.17, 15) is 19.0 Å². The Morgan fingerprint density at radius 2 is 0.534 bits per heavy atom. The number of phosphoric ester groups is 1. The number of esters is 2. The molecule has 0 aliphatic heterocycles. The number of hydrogen-bond acceptors (Lipinski definition) is 8. The highest BCUT2D eigenvalue weighted by atomic mass is 31.2. The molecule has 596 valence electrons. The molecule has 0 saturated heterocycles. The molecule has 0 aliphatic carbocycles. The molecule has 0 aromatic carbocycles. The van der Waals surface area contributed by atoms with E-state index < -0.39 is 26.5 Å². The third kappa shape index (κ3) is 87.2. The summed E-state index contributed by atoms with van der Waals surface area (Å²) in [5.74, 6) is -0.808. The number of phosphoric acid groups is 1. The molecule has 0 heterocycles. The van der Waals surface area contributed by atoms with Gasteiger partial charge in [0.05, 0.1) is 13.2 Å². The molecule has 9 nitrogen and oxygen atoms in total. The summed E-state index contributed by atoms with van der Waals surface area (Å²) in [6, 6.07) is 0. The average molecular weight is 1460 g/mol. The van der Waals surface area contributed by atoms with Crippen LogP contribution in [0.15, 0.2) is 122 Å². The van der Waals surface area contributed by atoms with Crippen LogP contribution in [0.2, 0.25) is 0 Å². The van der Waals surface area contributed by atoms with Gasteiger partial charge < -0.3 is 20.1 Å². The second-order valence-corrected chi connectivity index (χ2v) is 30.8. The van der Waals surface area contributed by atoms with Gasteiger partial charge in [0.2, 0.25) is 0 Å². The molecule has 0 aliphatic rings. The van der Waals surface area contributed by atoms with Crippen molar-refractivity contribution in [1.82, 2.24) is 0 Å². The van der Waals surface area contributed by atoms with Crippen molar-refractivity contribution in [3.05, 3.63) is 122 Å². The van der Waals surface area contributed by atoms with Gasteiger partial charge in [-0.15, -0.1) is 0 Å². The van der Waals surface area contributed by atoms with Crippen LogP contribution in [0.4, 0.5) is 0 Å². The van der Waals surface area contributed by atoms with E-state index in [2.05, 4.69) is 135 Å². The predicted molar refractivity (Wildman–Crippen MR) is 450 cm³/mol. The van der Waals surface area contributed by atoms with Crippen molar-refractivity contribution in [3.8, 4) is 0 Å². The van der Waals surface area contributed by atoms with Gasteiger partial charge >= 0.3 is 19.8 Å². The van der Waals surface area contributed by atoms with Crippen molar-refractivity contribution in [2.75, 3.05) is 26.4 Å². The number of hydrogen-bond donors (Lipinski definition) is 2. The van der Waals surface area contributed by atoms with Gasteiger partial charge in [-0.05, 0) is 109 Å². The highest BCUT2D eigenvalue weighted by Gasteiger charge is 2.26. The minimum Gasteiger partial charge on any atom is -0.462 e. The van der Waals surface area contributed by atoms with E-state index >= 15 is 0 Å². The molecule has 0 aromatic heterocycles. The van der Waals surface area contributed by atoms with Gasteiger partial charge in [-0.3, -0.25) is 18.6 Å². The van der Waals surface area contributed by atoms with Crippen LogP contribution >= 0.6 is 7.82 Å². The van der Waals surface area contributed by atoms with E-state index in [1.54, 1.807) is 0 Å². The number of nitrogens with two attached hydrogens (primary N) is 1. The van der Waals surface area contributed by atoms with Crippen LogP contribution in [0.25, 0.3) is 0 Å². The van der Waals surface area contributed by atoms with Crippen LogP contribution in [0.1, 0.15) is 425 Å². The molecule has 0 spiro atoms. The third-order valence-corrected chi connectivity index (χ3v) is 20.3. The molecule has 2 atom stereocenters. The Kier molecular flexibility index (Phi) is 84.3. The molecule has 0 rings (SSSR count). The maximum atomic E-state index is 12.8. The zero-order chi connectivity index (χ0) is 74.3. The molecule has 0 fully saturated rings. The number of unbranched alkanes of at least 4 members (excludes halogenated alkanes) is 50. The van der Waals surface area contributed by atoms with Crippen molar-refractivity contribution in [2.45, 2.75) is 431 Å². The van der Waals surface area contributed by atoms with Crippen LogP contribution in [0.5, 0.6) is 0 Å². The second-order valence-electron chi connectivity index (χ2n) is 29.4.